The summed E-state index contributed by atoms with van der Waals surface area (Å²) in [4.78, 5) is 23.7. The number of amides is 1. The summed E-state index contributed by atoms with van der Waals surface area (Å²) in [5.41, 5.74) is 2.73. The van der Waals surface area contributed by atoms with Gasteiger partial charge in [-0.1, -0.05) is 17.7 Å². The molecule has 1 N–H and O–H groups in total. The number of halogens is 1. The average Bonchev–Trinajstić information content (AvgIpc) is 3.14. The first-order valence-corrected chi connectivity index (χ1v) is 10.6. The van der Waals surface area contributed by atoms with E-state index in [0.717, 1.165) is 55.2 Å². The van der Waals surface area contributed by atoms with Gasteiger partial charge in [-0.3, -0.25) is 14.7 Å². The van der Waals surface area contributed by atoms with Crippen LogP contribution < -0.4 is 5.32 Å². The Labute approximate surface area is 181 Å². The van der Waals surface area contributed by atoms with Crippen molar-refractivity contribution < 1.29 is 9.21 Å². The van der Waals surface area contributed by atoms with E-state index in [1.165, 1.54) is 0 Å². The van der Waals surface area contributed by atoms with Gasteiger partial charge in [0.1, 0.15) is 5.76 Å². The van der Waals surface area contributed by atoms with Crippen molar-refractivity contribution in [1.29, 1.82) is 0 Å². The number of likely N-dealkylation sites (tertiary alicyclic amines) is 1. The topological polar surface area (TPSA) is 71.3 Å². The molecule has 0 unspecified atom stereocenters. The van der Waals surface area contributed by atoms with Crippen molar-refractivity contribution in [1.82, 2.24) is 20.2 Å². The zero-order valence-corrected chi connectivity index (χ0v) is 17.7. The Kier molecular flexibility index (Phi) is 6.45. The van der Waals surface area contributed by atoms with Gasteiger partial charge in [0.15, 0.2) is 0 Å². The van der Waals surface area contributed by atoms with E-state index in [1.807, 2.05) is 49.4 Å². The van der Waals surface area contributed by atoms with Crippen LogP contribution in [0.5, 0.6) is 0 Å². The number of aryl methyl sites for hydroxylation is 1. The van der Waals surface area contributed by atoms with Gasteiger partial charge in [-0.05, 0) is 69.3 Å². The van der Waals surface area contributed by atoms with Crippen LogP contribution in [0.2, 0.25) is 5.02 Å². The normalized spacial score (nSPS) is 15.3. The Balaban J connectivity index is 1.28. The second kappa shape index (κ2) is 9.41. The third-order valence-electron chi connectivity index (χ3n) is 5.49. The SMILES string of the molecule is Cc1oc(-c2ccc(Cl)cc2)nc1CN1CCC(C(=O)NCc2ccccn2)CC1. The molecule has 6 nitrogen and oxygen atoms in total. The number of nitrogens with one attached hydrogen (secondary N) is 1. The average molecular weight is 425 g/mol. The van der Waals surface area contributed by atoms with Crippen LogP contribution in [0.4, 0.5) is 0 Å². The summed E-state index contributed by atoms with van der Waals surface area (Å²) in [6.45, 7) is 4.88. The van der Waals surface area contributed by atoms with Crippen LogP contribution in [0, 0.1) is 12.8 Å². The van der Waals surface area contributed by atoms with Crippen molar-refractivity contribution >= 4 is 17.5 Å². The predicted molar refractivity (Wildman–Crippen MR) is 116 cm³/mol. The maximum absolute atomic E-state index is 12.5. The van der Waals surface area contributed by atoms with Gasteiger partial charge in [-0.25, -0.2) is 4.98 Å². The smallest absolute Gasteiger partial charge is 0.226 e. The number of pyridine rings is 1. The molecule has 3 aromatic rings. The largest absolute Gasteiger partial charge is 0.441 e. The number of carbonyl (C=O) groups excluding carboxylic acids is 1. The summed E-state index contributed by atoms with van der Waals surface area (Å²) < 4.78 is 5.86. The second-order valence-electron chi connectivity index (χ2n) is 7.62. The first kappa shape index (κ1) is 20.6. The van der Waals surface area contributed by atoms with Gasteiger partial charge in [0, 0.05) is 29.2 Å². The fourth-order valence-electron chi connectivity index (χ4n) is 3.68. The van der Waals surface area contributed by atoms with Gasteiger partial charge in [-0.15, -0.1) is 0 Å². The lowest BCUT2D eigenvalue weighted by molar-refractivity contribution is -0.126. The summed E-state index contributed by atoms with van der Waals surface area (Å²) in [6.07, 6.45) is 3.42. The van der Waals surface area contributed by atoms with Crippen LogP contribution in [0.3, 0.4) is 0 Å². The molecule has 7 heteroatoms. The molecule has 0 bridgehead atoms. The van der Waals surface area contributed by atoms with Crippen molar-refractivity contribution in [2.45, 2.75) is 32.9 Å². The van der Waals surface area contributed by atoms with E-state index in [9.17, 15) is 4.79 Å². The van der Waals surface area contributed by atoms with Gasteiger partial charge in [0.05, 0.1) is 17.9 Å². The van der Waals surface area contributed by atoms with Crippen LogP contribution in [-0.2, 0) is 17.9 Å². The molecule has 1 aliphatic rings. The molecule has 0 spiro atoms. The summed E-state index contributed by atoms with van der Waals surface area (Å²) in [5.74, 6) is 1.61. The molecule has 1 aromatic carbocycles. The van der Waals surface area contributed by atoms with Gasteiger partial charge < -0.3 is 9.73 Å². The Hall–Kier alpha value is -2.70. The van der Waals surface area contributed by atoms with Gasteiger partial charge >= 0.3 is 0 Å². The Morgan fingerprint density at radius 1 is 1.20 bits per heavy atom. The fraction of sp³-hybridized carbons (Fsp3) is 0.348. The molecule has 3 heterocycles. The van der Waals surface area contributed by atoms with Gasteiger partial charge in [0.25, 0.3) is 0 Å². The van der Waals surface area contributed by atoms with Crippen molar-refractivity contribution in [2.24, 2.45) is 5.92 Å². The zero-order chi connectivity index (χ0) is 20.9. The molecule has 0 radical (unpaired) electrons. The Bertz CT molecular complexity index is 980. The van der Waals surface area contributed by atoms with E-state index in [1.54, 1.807) is 6.20 Å². The second-order valence-corrected chi connectivity index (χ2v) is 8.05. The van der Waals surface area contributed by atoms with E-state index in [0.29, 0.717) is 17.5 Å². The molecule has 0 aliphatic carbocycles. The fourth-order valence-corrected chi connectivity index (χ4v) is 3.81. The summed E-state index contributed by atoms with van der Waals surface area (Å²) in [5, 5.41) is 3.70. The van der Waals surface area contributed by atoms with Gasteiger partial charge in [-0.2, -0.15) is 0 Å². The van der Waals surface area contributed by atoms with Crippen molar-refractivity contribution in [3.63, 3.8) is 0 Å². The number of carbonyl (C=O) groups is 1. The van der Waals surface area contributed by atoms with Crippen molar-refractivity contribution in [3.8, 4) is 11.5 Å². The lowest BCUT2D eigenvalue weighted by Crippen LogP contribution is -2.40. The minimum atomic E-state index is 0.0491. The highest BCUT2D eigenvalue weighted by Crippen LogP contribution is 2.25. The number of oxazole rings is 1. The van der Waals surface area contributed by atoms with E-state index < -0.39 is 0 Å². The van der Waals surface area contributed by atoms with Gasteiger partial charge in [0.2, 0.25) is 11.8 Å². The number of piperidine rings is 1. The Morgan fingerprint density at radius 3 is 2.67 bits per heavy atom. The number of hydrogen-bond donors (Lipinski definition) is 1. The molecule has 1 saturated heterocycles. The minimum absolute atomic E-state index is 0.0491. The number of hydrogen-bond acceptors (Lipinski definition) is 5. The first-order valence-electron chi connectivity index (χ1n) is 10.2. The quantitative estimate of drug-likeness (QED) is 0.641. The predicted octanol–water partition coefficient (Wildman–Crippen LogP) is 4.23. The van der Waals surface area contributed by atoms with Crippen LogP contribution in [0.15, 0.2) is 53.1 Å². The number of benzene rings is 1. The number of rotatable bonds is 6. The van der Waals surface area contributed by atoms with E-state index in [-0.39, 0.29) is 11.8 Å². The molecule has 0 atom stereocenters. The highest BCUT2D eigenvalue weighted by atomic mass is 35.5. The summed E-state index contributed by atoms with van der Waals surface area (Å²) in [7, 11) is 0. The lowest BCUT2D eigenvalue weighted by atomic mass is 9.95. The summed E-state index contributed by atoms with van der Waals surface area (Å²) >= 11 is 5.96. The van der Waals surface area contributed by atoms with Crippen LogP contribution in [-0.4, -0.2) is 33.9 Å². The van der Waals surface area contributed by atoms with Crippen LogP contribution in [0.1, 0.15) is 30.0 Å². The molecule has 1 fully saturated rings. The van der Waals surface area contributed by atoms with Crippen LogP contribution >= 0.6 is 11.6 Å². The molecule has 1 aliphatic heterocycles. The highest BCUT2D eigenvalue weighted by molar-refractivity contribution is 6.30. The minimum Gasteiger partial charge on any atom is -0.441 e. The zero-order valence-electron chi connectivity index (χ0n) is 17.0. The lowest BCUT2D eigenvalue weighted by Gasteiger charge is -2.30. The molecule has 156 valence electrons. The van der Waals surface area contributed by atoms with E-state index >= 15 is 0 Å². The third-order valence-corrected chi connectivity index (χ3v) is 5.74. The standard InChI is InChI=1S/C23H25ClN4O2/c1-16-21(27-23(30-16)18-5-7-19(24)8-6-18)15-28-12-9-17(10-13-28)22(29)26-14-20-4-2-3-11-25-20/h2-8,11,17H,9-10,12-15H2,1H3,(H,26,29). The van der Waals surface area contributed by atoms with E-state index in [2.05, 4.69) is 20.2 Å². The number of nitrogens with zero attached hydrogens (tertiary/aromatic N) is 3. The molecule has 0 saturated carbocycles. The highest BCUT2D eigenvalue weighted by Gasteiger charge is 2.26. The molecular weight excluding hydrogens is 400 g/mol. The molecular formula is C23H25ClN4O2. The first-order chi connectivity index (χ1) is 14.6. The molecule has 2 aromatic heterocycles. The van der Waals surface area contributed by atoms with E-state index in [4.69, 9.17) is 16.0 Å². The monoisotopic (exact) mass is 424 g/mol. The third kappa shape index (κ3) is 5.07. The maximum atomic E-state index is 12.5. The molecule has 1 amide bonds. The maximum Gasteiger partial charge on any atom is 0.226 e. The van der Waals surface area contributed by atoms with Crippen molar-refractivity contribution in [2.75, 3.05) is 13.1 Å². The summed E-state index contributed by atoms with van der Waals surface area (Å²) in [6, 6.07) is 13.2. The van der Waals surface area contributed by atoms with Crippen LogP contribution in [0.25, 0.3) is 11.5 Å². The Morgan fingerprint density at radius 2 is 1.97 bits per heavy atom. The number of aromatic nitrogens is 2. The molecule has 30 heavy (non-hydrogen) atoms. The van der Waals surface area contributed by atoms with Crippen molar-refractivity contribution in [3.05, 3.63) is 70.8 Å². The molecule has 4 rings (SSSR count).